The zero-order chi connectivity index (χ0) is 13.4. The van der Waals surface area contributed by atoms with Crippen molar-refractivity contribution in [2.24, 2.45) is 0 Å². The Morgan fingerprint density at radius 3 is 3.11 bits per heavy atom. The molecule has 0 unspecified atom stereocenters. The van der Waals surface area contributed by atoms with E-state index in [9.17, 15) is 4.79 Å². The van der Waals surface area contributed by atoms with Crippen molar-refractivity contribution >= 4 is 32.9 Å². The van der Waals surface area contributed by atoms with Gasteiger partial charge in [-0.1, -0.05) is 6.08 Å². The van der Waals surface area contributed by atoms with Crippen LogP contribution in [0.5, 0.6) is 0 Å². The molecule has 4 nitrogen and oxygen atoms in total. The van der Waals surface area contributed by atoms with Crippen molar-refractivity contribution in [3.63, 3.8) is 0 Å². The second-order valence-corrected chi connectivity index (χ2v) is 5.47. The fourth-order valence-corrected chi connectivity index (χ4v) is 2.86. The first kappa shape index (κ1) is 12.4. The van der Waals surface area contributed by atoms with Crippen molar-refractivity contribution < 1.29 is 4.79 Å². The first-order valence-corrected chi connectivity index (χ1v) is 7.06. The lowest BCUT2D eigenvalue weighted by atomic mass is 10.3. The maximum atomic E-state index is 12.4. The van der Waals surface area contributed by atoms with Crippen LogP contribution in [-0.4, -0.2) is 21.5 Å². The van der Waals surface area contributed by atoms with Gasteiger partial charge in [-0.05, 0) is 40.9 Å². The topological polar surface area (TPSA) is 46.9 Å². The average Bonchev–Trinajstić information content (AvgIpc) is 3.17. The third-order valence-electron chi connectivity index (χ3n) is 3.20. The Kier molecular flexibility index (Phi) is 3.14. The first-order valence-electron chi connectivity index (χ1n) is 6.27. The van der Waals surface area contributed by atoms with Crippen molar-refractivity contribution in [1.29, 1.82) is 0 Å². The summed E-state index contributed by atoms with van der Waals surface area (Å²) < 4.78 is 2.69. The van der Waals surface area contributed by atoms with E-state index < -0.39 is 0 Å². The Labute approximate surface area is 119 Å². The van der Waals surface area contributed by atoms with E-state index in [0.29, 0.717) is 18.3 Å². The summed E-state index contributed by atoms with van der Waals surface area (Å²) >= 11 is 3.51. The van der Waals surface area contributed by atoms with Crippen molar-refractivity contribution in [2.75, 3.05) is 0 Å². The summed E-state index contributed by atoms with van der Waals surface area (Å²) in [6.45, 7) is 4.34. The predicted octanol–water partition coefficient (Wildman–Crippen LogP) is 2.88. The lowest BCUT2D eigenvalue weighted by Crippen LogP contribution is -2.28. The quantitative estimate of drug-likeness (QED) is 0.881. The Bertz CT molecular complexity index is 658. The number of hydrogen-bond acceptors (Lipinski definition) is 2. The van der Waals surface area contributed by atoms with Gasteiger partial charge in [0.15, 0.2) is 0 Å². The minimum atomic E-state index is -0.0470. The fourth-order valence-electron chi connectivity index (χ4n) is 2.16. The zero-order valence-electron chi connectivity index (χ0n) is 10.4. The van der Waals surface area contributed by atoms with Gasteiger partial charge in [0.05, 0.1) is 9.99 Å². The lowest BCUT2D eigenvalue weighted by Gasteiger charge is -2.08. The van der Waals surface area contributed by atoms with Crippen LogP contribution in [0.15, 0.2) is 35.5 Å². The molecule has 0 radical (unpaired) electrons. The highest BCUT2D eigenvalue weighted by atomic mass is 79.9. The van der Waals surface area contributed by atoms with Gasteiger partial charge in [-0.15, -0.1) is 6.58 Å². The van der Waals surface area contributed by atoms with Gasteiger partial charge in [0.1, 0.15) is 11.2 Å². The van der Waals surface area contributed by atoms with E-state index in [1.165, 1.54) is 0 Å². The molecular formula is C14H14BrN3O. The molecular weight excluding hydrogens is 306 g/mol. The second kappa shape index (κ2) is 4.81. The van der Waals surface area contributed by atoms with Crippen LogP contribution in [0.2, 0.25) is 0 Å². The van der Waals surface area contributed by atoms with E-state index in [4.69, 9.17) is 0 Å². The van der Waals surface area contributed by atoms with E-state index in [2.05, 4.69) is 32.8 Å². The molecule has 2 aromatic rings. The van der Waals surface area contributed by atoms with Crippen molar-refractivity contribution in [3.05, 3.63) is 41.2 Å². The molecule has 1 aliphatic carbocycles. The zero-order valence-corrected chi connectivity index (χ0v) is 12.0. The number of fused-ring (bicyclic) bond motifs is 1. The summed E-state index contributed by atoms with van der Waals surface area (Å²) in [5, 5.41) is 3.02. The van der Waals surface area contributed by atoms with Crippen LogP contribution < -0.4 is 5.32 Å². The second-order valence-electron chi connectivity index (χ2n) is 4.68. The molecule has 1 fully saturated rings. The van der Waals surface area contributed by atoms with Crippen molar-refractivity contribution in [2.45, 2.75) is 25.4 Å². The number of amides is 1. The van der Waals surface area contributed by atoms with E-state index in [1.807, 2.05) is 16.7 Å². The number of nitrogens with one attached hydrogen (secondary N) is 1. The van der Waals surface area contributed by atoms with Crippen LogP contribution in [-0.2, 0) is 6.54 Å². The lowest BCUT2D eigenvalue weighted by molar-refractivity contribution is 0.0942. The Balaban J connectivity index is 2.14. The predicted molar refractivity (Wildman–Crippen MR) is 78.1 cm³/mol. The van der Waals surface area contributed by atoms with Gasteiger partial charge in [-0.2, -0.15) is 0 Å². The molecule has 2 aromatic heterocycles. The maximum Gasteiger partial charge on any atom is 0.269 e. The molecule has 3 rings (SSSR count). The Morgan fingerprint density at radius 2 is 2.42 bits per heavy atom. The third-order valence-corrected chi connectivity index (χ3v) is 3.95. The van der Waals surface area contributed by atoms with Crippen LogP contribution in [0.25, 0.3) is 11.0 Å². The third kappa shape index (κ3) is 2.18. The van der Waals surface area contributed by atoms with Crippen molar-refractivity contribution in [1.82, 2.24) is 14.9 Å². The number of hydrogen-bond donors (Lipinski definition) is 1. The average molecular weight is 320 g/mol. The summed E-state index contributed by atoms with van der Waals surface area (Å²) in [6, 6.07) is 4.17. The van der Waals surface area contributed by atoms with Gasteiger partial charge in [-0.25, -0.2) is 0 Å². The number of nitrogens with zero attached hydrogens (tertiary/aromatic N) is 2. The van der Waals surface area contributed by atoms with Gasteiger partial charge in [0, 0.05) is 18.8 Å². The molecule has 19 heavy (non-hydrogen) atoms. The number of rotatable bonds is 4. The highest BCUT2D eigenvalue weighted by Gasteiger charge is 2.28. The SMILES string of the molecule is C=CCn1c(C(=O)NC2CC2)c(Br)c2ncccc21. The smallest absolute Gasteiger partial charge is 0.269 e. The summed E-state index contributed by atoms with van der Waals surface area (Å²) in [5.74, 6) is -0.0470. The summed E-state index contributed by atoms with van der Waals surface area (Å²) in [4.78, 5) is 16.7. The van der Waals surface area contributed by atoms with Gasteiger partial charge in [0.2, 0.25) is 0 Å². The molecule has 0 saturated heterocycles. The largest absolute Gasteiger partial charge is 0.348 e. The number of pyridine rings is 1. The van der Waals surface area contributed by atoms with Gasteiger partial charge in [-0.3, -0.25) is 9.78 Å². The Morgan fingerprint density at radius 1 is 1.63 bits per heavy atom. The molecule has 98 valence electrons. The summed E-state index contributed by atoms with van der Waals surface area (Å²) in [7, 11) is 0. The highest BCUT2D eigenvalue weighted by molar-refractivity contribution is 9.10. The number of halogens is 1. The molecule has 1 amide bonds. The standard InChI is InChI=1S/C14H14BrN3O/c1-2-8-18-10-4-3-7-16-12(10)11(15)13(18)14(19)17-9-5-6-9/h2-4,7,9H,1,5-6,8H2,(H,17,19). The molecule has 0 aromatic carbocycles. The molecule has 2 heterocycles. The van der Waals surface area contributed by atoms with E-state index in [1.54, 1.807) is 12.3 Å². The van der Waals surface area contributed by atoms with E-state index >= 15 is 0 Å². The molecule has 1 aliphatic rings. The van der Waals surface area contributed by atoms with Crippen LogP contribution in [0.1, 0.15) is 23.3 Å². The fraction of sp³-hybridized carbons (Fsp3) is 0.286. The molecule has 5 heteroatoms. The van der Waals surface area contributed by atoms with Crippen LogP contribution >= 0.6 is 15.9 Å². The summed E-state index contributed by atoms with van der Waals surface area (Å²) in [6.07, 6.45) is 5.66. The Hall–Kier alpha value is -1.62. The van der Waals surface area contributed by atoms with Crippen LogP contribution in [0.4, 0.5) is 0 Å². The number of carbonyl (C=O) groups excluding carboxylic acids is 1. The van der Waals surface area contributed by atoms with Gasteiger partial charge < -0.3 is 9.88 Å². The molecule has 1 saturated carbocycles. The summed E-state index contributed by atoms with van der Waals surface area (Å²) in [5.41, 5.74) is 2.38. The number of aromatic nitrogens is 2. The van der Waals surface area contributed by atoms with Crippen LogP contribution in [0, 0.1) is 0 Å². The molecule has 0 spiro atoms. The van der Waals surface area contributed by atoms with Gasteiger partial charge in [0.25, 0.3) is 5.91 Å². The minimum absolute atomic E-state index is 0.0470. The van der Waals surface area contributed by atoms with E-state index in [-0.39, 0.29) is 5.91 Å². The van der Waals surface area contributed by atoms with Gasteiger partial charge >= 0.3 is 0 Å². The highest BCUT2D eigenvalue weighted by Crippen LogP contribution is 2.30. The molecule has 1 N–H and O–H groups in total. The van der Waals surface area contributed by atoms with Crippen LogP contribution in [0.3, 0.4) is 0 Å². The minimum Gasteiger partial charge on any atom is -0.348 e. The first-order chi connectivity index (χ1) is 9.22. The molecule has 0 atom stereocenters. The monoisotopic (exact) mass is 319 g/mol. The molecule has 0 aliphatic heterocycles. The van der Waals surface area contributed by atoms with Crippen molar-refractivity contribution in [3.8, 4) is 0 Å². The molecule has 0 bridgehead atoms. The number of allylic oxidation sites excluding steroid dienone is 1. The number of carbonyl (C=O) groups is 1. The normalized spacial score (nSPS) is 14.6. The maximum absolute atomic E-state index is 12.4. The van der Waals surface area contributed by atoms with E-state index in [0.717, 1.165) is 28.3 Å².